The fourth-order valence-corrected chi connectivity index (χ4v) is 5.41. The van der Waals surface area contributed by atoms with Gasteiger partial charge >= 0.3 is 0 Å². The molecule has 2 aromatic rings. The number of hydrogen-bond donors (Lipinski definition) is 2. The van der Waals surface area contributed by atoms with Gasteiger partial charge in [-0.25, -0.2) is 4.99 Å². The van der Waals surface area contributed by atoms with Crippen LogP contribution in [0.2, 0.25) is 0 Å². The summed E-state index contributed by atoms with van der Waals surface area (Å²) in [6.07, 6.45) is 10.5. The largest absolute Gasteiger partial charge is 0.365 e. The van der Waals surface area contributed by atoms with Crippen LogP contribution < -0.4 is 0 Å². The lowest BCUT2D eigenvalue weighted by Crippen LogP contribution is -2.40. The zero-order valence-electron chi connectivity index (χ0n) is 25.9. The standard InChI is InChI=1S/C34H51N5/c1-10-24(6)21-36-32(38(8)9)22-39-17-15-27(16-18-39)28-13-14-31-29(20-28)33(23(4)5)34(37-31)26(11-2)19-25(7)30(35)12-3/h11,13-14,19-21,23,27,35,37H,10,12,15-18,22H2,1-9H3/b24-21?,25-19-,26-11+,35-30?,36-32?. The second kappa shape index (κ2) is 13.9. The number of aromatic amines is 1. The Morgan fingerprint density at radius 1 is 1.15 bits per heavy atom. The van der Waals surface area contributed by atoms with Gasteiger partial charge in [-0.15, -0.1) is 0 Å². The van der Waals surface area contributed by atoms with Crippen LogP contribution in [0.4, 0.5) is 0 Å². The number of aromatic nitrogens is 1. The van der Waals surface area contributed by atoms with Crippen molar-refractivity contribution in [3.05, 3.63) is 64.5 Å². The number of nitrogens with zero attached hydrogens (tertiary/aromatic N) is 3. The van der Waals surface area contributed by atoms with Crippen molar-refractivity contribution in [1.82, 2.24) is 14.8 Å². The SMILES string of the molecule is C/C=C(\C=C(\C)C(=N)CC)c1[nH]c2ccc(C3CCN(CC(=NC=C(C)CC)N(C)C)CC3)cc2c1C(C)C. The van der Waals surface area contributed by atoms with Crippen molar-refractivity contribution in [3.63, 3.8) is 0 Å². The van der Waals surface area contributed by atoms with Crippen LogP contribution in [0.5, 0.6) is 0 Å². The first-order chi connectivity index (χ1) is 18.6. The van der Waals surface area contributed by atoms with E-state index < -0.39 is 0 Å². The highest BCUT2D eigenvalue weighted by atomic mass is 15.2. The maximum atomic E-state index is 8.26. The monoisotopic (exact) mass is 529 g/mol. The number of allylic oxidation sites excluding steroid dienone is 5. The molecule has 0 radical (unpaired) electrons. The normalized spacial score (nSPS) is 17.0. The Balaban J connectivity index is 1.83. The van der Waals surface area contributed by atoms with Gasteiger partial charge < -0.3 is 15.3 Å². The smallest absolute Gasteiger partial charge is 0.118 e. The molecule has 1 aliphatic rings. The van der Waals surface area contributed by atoms with Crippen molar-refractivity contribution in [2.45, 2.75) is 86.0 Å². The van der Waals surface area contributed by atoms with Crippen molar-refractivity contribution in [2.75, 3.05) is 33.7 Å². The Morgan fingerprint density at radius 3 is 2.41 bits per heavy atom. The first-order valence-electron chi connectivity index (χ1n) is 14.8. The molecule has 5 heteroatoms. The van der Waals surface area contributed by atoms with Gasteiger partial charge in [0.25, 0.3) is 0 Å². The predicted octanol–water partition coefficient (Wildman–Crippen LogP) is 8.52. The number of aliphatic imine (C=N–C) groups is 1. The Labute approximate surface area is 237 Å². The Bertz CT molecular complexity index is 1260. The summed E-state index contributed by atoms with van der Waals surface area (Å²) in [6.45, 7) is 18.2. The van der Waals surface area contributed by atoms with E-state index in [1.165, 1.54) is 51.7 Å². The third-order valence-electron chi connectivity index (χ3n) is 8.17. The van der Waals surface area contributed by atoms with Crippen LogP contribution in [-0.4, -0.2) is 60.1 Å². The first-order valence-corrected chi connectivity index (χ1v) is 14.8. The Hall–Kier alpha value is -2.92. The number of likely N-dealkylation sites (N-methyl/N-ethyl adjacent to an activating group) is 1. The molecule has 1 fully saturated rings. The number of benzene rings is 1. The van der Waals surface area contributed by atoms with Gasteiger partial charge in [0, 0.05) is 42.6 Å². The van der Waals surface area contributed by atoms with Crippen LogP contribution in [0.15, 0.2) is 52.7 Å². The summed E-state index contributed by atoms with van der Waals surface area (Å²) in [5.41, 5.74) is 9.44. The molecule has 0 aliphatic carbocycles. The Kier molecular flexibility index (Phi) is 10.9. The summed E-state index contributed by atoms with van der Waals surface area (Å²) in [5.74, 6) is 2.11. The molecule has 0 unspecified atom stereocenters. The van der Waals surface area contributed by atoms with E-state index >= 15 is 0 Å². The molecule has 0 atom stereocenters. The van der Waals surface area contributed by atoms with Crippen LogP contribution in [0, 0.1) is 5.41 Å². The van der Waals surface area contributed by atoms with Gasteiger partial charge in [0.1, 0.15) is 5.84 Å². The zero-order chi connectivity index (χ0) is 28.7. The molecular formula is C34H51N5. The number of piperidine rings is 1. The van der Waals surface area contributed by atoms with Crippen molar-refractivity contribution < 1.29 is 0 Å². The third kappa shape index (κ3) is 7.60. The topological polar surface area (TPSA) is 58.5 Å². The van der Waals surface area contributed by atoms with Gasteiger partial charge in [0.2, 0.25) is 0 Å². The second-order valence-corrected chi connectivity index (χ2v) is 11.6. The van der Waals surface area contributed by atoms with Crippen LogP contribution in [-0.2, 0) is 0 Å². The van der Waals surface area contributed by atoms with E-state index in [1.807, 2.05) is 20.0 Å². The number of rotatable bonds is 10. The van der Waals surface area contributed by atoms with Gasteiger partial charge in [-0.3, -0.25) is 4.90 Å². The lowest BCUT2D eigenvalue weighted by molar-refractivity contribution is 0.234. The molecule has 0 saturated carbocycles. The maximum absolute atomic E-state index is 8.26. The van der Waals surface area contributed by atoms with Gasteiger partial charge in [-0.05, 0) is 112 Å². The summed E-state index contributed by atoms with van der Waals surface area (Å²) in [5, 5.41) is 9.60. The summed E-state index contributed by atoms with van der Waals surface area (Å²) in [7, 11) is 4.19. The van der Waals surface area contributed by atoms with E-state index in [0.717, 1.165) is 43.9 Å². The summed E-state index contributed by atoms with van der Waals surface area (Å²) < 4.78 is 0. The predicted molar refractivity (Wildman–Crippen MR) is 171 cm³/mol. The molecule has 1 saturated heterocycles. The molecule has 2 heterocycles. The molecule has 0 amide bonds. The van der Waals surface area contributed by atoms with Crippen LogP contribution >= 0.6 is 0 Å². The molecular weight excluding hydrogens is 478 g/mol. The van der Waals surface area contributed by atoms with Crippen LogP contribution in [0.3, 0.4) is 0 Å². The fraction of sp³-hybridized carbons (Fsp3) is 0.529. The van der Waals surface area contributed by atoms with Crippen molar-refractivity contribution >= 4 is 28.0 Å². The average Bonchev–Trinajstić information content (AvgIpc) is 3.32. The minimum absolute atomic E-state index is 0.397. The van der Waals surface area contributed by atoms with E-state index in [0.29, 0.717) is 17.5 Å². The fourth-order valence-electron chi connectivity index (χ4n) is 5.41. The first kappa shape index (κ1) is 30.6. The lowest BCUT2D eigenvalue weighted by atomic mass is 9.87. The third-order valence-corrected chi connectivity index (χ3v) is 8.17. The molecule has 1 aliphatic heterocycles. The molecule has 39 heavy (non-hydrogen) atoms. The van der Waals surface area contributed by atoms with Gasteiger partial charge in [-0.1, -0.05) is 45.4 Å². The number of likely N-dealkylation sites (tertiary alicyclic amines) is 1. The Morgan fingerprint density at radius 2 is 1.85 bits per heavy atom. The highest BCUT2D eigenvalue weighted by Crippen LogP contribution is 2.37. The van der Waals surface area contributed by atoms with Gasteiger partial charge in [0.15, 0.2) is 0 Å². The minimum atomic E-state index is 0.397. The highest BCUT2D eigenvalue weighted by molar-refractivity contribution is 6.00. The van der Waals surface area contributed by atoms with E-state index in [4.69, 9.17) is 10.4 Å². The number of fused-ring (bicyclic) bond motifs is 1. The van der Waals surface area contributed by atoms with Crippen molar-refractivity contribution in [1.29, 1.82) is 5.41 Å². The number of nitrogens with one attached hydrogen (secondary N) is 2. The summed E-state index contributed by atoms with van der Waals surface area (Å²) >= 11 is 0. The quantitative estimate of drug-likeness (QED) is 0.184. The van der Waals surface area contributed by atoms with E-state index in [9.17, 15) is 0 Å². The molecule has 1 aromatic carbocycles. The summed E-state index contributed by atoms with van der Waals surface area (Å²) in [4.78, 5) is 13.2. The zero-order valence-corrected chi connectivity index (χ0v) is 25.9. The molecule has 0 spiro atoms. The van der Waals surface area contributed by atoms with Gasteiger partial charge in [-0.2, -0.15) is 0 Å². The van der Waals surface area contributed by atoms with Crippen molar-refractivity contribution in [3.8, 4) is 0 Å². The maximum Gasteiger partial charge on any atom is 0.118 e. The minimum Gasteiger partial charge on any atom is -0.365 e. The van der Waals surface area contributed by atoms with Crippen molar-refractivity contribution in [2.24, 2.45) is 4.99 Å². The molecule has 5 nitrogen and oxygen atoms in total. The van der Waals surface area contributed by atoms with Crippen LogP contribution in [0.25, 0.3) is 16.5 Å². The highest BCUT2D eigenvalue weighted by Gasteiger charge is 2.24. The number of H-pyrrole nitrogens is 1. The molecule has 212 valence electrons. The van der Waals surface area contributed by atoms with E-state index in [1.54, 1.807) is 0 Å². The molecule has 0 bridgehead atoms. The molecule has 2 N–H and O–H groups in total. The van der Waals surface area contributed by atoms with E-state index in [-0.39, 0.29) is 0 Å². The number of amidine groups is 1. The molecule has 1 aromatic heterocycles. The summed E-state index contributed by atoms with van der Waals surface area (Å²) in [6, 6.07) is 7.07. The van der Waals surface area contributed by atoms with E-state index in [2.05, 4.69) is 93.8 Å². The van der Waals surface area contributed by atoms with Crippen LogP contribution in [0.1, 0.15) is 103 Å². The number of hydrogen-bond acceptors (Lipinski definition) is 3. The lowest BCUT2D eigenvalue weighted by Gasteiger charge is -2.33. The van der Waals surface area contributed by atoms with Gasteiger partial charge in [0.05, 0.1) is 6.54 Å². The molecule has 3 rings (SSSR count). The average molecular weight is 530 g/mol. The second-order valence-electron chi connectivity index (χ2n) is 11.6.